The van der Waals surface area contributed by atoms with Crippen LogP contribution in [0.15, 0.2) is 48.5 Å². The van der Waals surface area contributed by atoms with Crippen LogP contribution in [0.2, 0.25) is 10.0 Å². The lowest BCUT2D eigenvalue weighted by atomic mass is 10.0. The predicted octanol–water partition coefficient (Wildman–Crippen LogP) is 4.93. The lowest BCUT2D eigenvalue weighted by Gasteiger charge is -2.18. The molecule has 2 aromatic carbocycles. The normalized spacial score (nSPS) is 10.9. The molecule has 0 spiro atoms. The summed E-state index contributed by atoms with van der Waals surface area (Å²) in [6, 6.07) is 15.2. The Hall–Kier alpha value is -1.02. The fourth-order valence-electron chi connectivity index (χ4n) is 1.78. The van der Waals surface area contributed by atoms with Crippen LogP contribution < -0.4 is 0 Å². The van der Waals surface area contributed by atoms with E-state index >= 15 is 0 Å². The quantitative estimate of drug-likeness (QED) is 0.771. The maximum Gasteiger partial charge on any atom is 0.108 e. The molecule has 2 rings (SSSR count). The molecule has 0 aliphatic heterocycles. The zero-order valence-electron chi connectivity index (χ0n) is 9.77. The van der Waals surface area contributed by atoms with Crippen molar-refractivity contribution in [3.63, 3.8) is 0 Å². The molecular formula is C15H13Cl2O. The van der Waals surface area contributed by atoms with Crippen LogP contribution in [-0.2, 0) is 4.74 Å². The summed E-state index contributed by atoms with van der Waals surface area (Å²) in [6.07, 6.45) is -0.142. The molecule has 1 nitrogen and oxygen atoms in total. The van der Waals surface area contributed by atoms with Gasteiger partial charge in [-0.2, -0.15) is 0 Å². The van der Waals surface area contributed by atoms with Crippen LogP contribution in [0.3, 0.4) is 0 Å². The number of benzene rings is 2. The molecule has 0 aliphatic rings. The van der Waals surface area contributed by atoms with Crippen LogP contribution >= 0.6 is 23.2 Å². The van der Waals surface area contributed by atoms with Gasteiger partial charge in [-0.3, -0.25) is 0 Å². The van der Waals surface area contributed by atoms with Gasteiger partial charge in [0.2, 0.25) is 0 Å². The first-order valence-electron chi connectivity index (χ1n) is 5.62. The van der Waals surface area contributed by atoms with E-state index in [4.69, 9.17) is 27.9 Å². The number of hydrogen-bond acceptors (Lipinski definition) is 1. The topological polar surface area (TPSA) is 9.23 Å². The average Bonchev–Trinajstić information content (AvgIpc) is 2.39. The molecule has 0 N–H and O–H groups in total. The van der Waals surface area contributed by atoms with Gasteiger partial charge in [0.25, 0.3) is 0 Å². The zero-order valence-corrected chi connectivity index (χ0v) is 11.3. The average molecular weight is 280 g/mol. The Bertz CT molecular complexity index is 445. The Morgan fingerprint density at radius 2 is 1.22 bits per heavy atom. The van der Waals surface area contributed by atoms with Gasteiger partial charge in [0.1, 0.15) is 6.10 Å². The molecule has 93 valence electrons. The molecular weight excluding hydrogens is 267 g/mol. The van der Waals surface area contributed by atoms with Gasteiger partial charge in [0.15, 0.2) is 0 Å². The van der Waals surface area contributed by atoms with Crippen LogP contribution in [0.4, 0.5) is 0 Å². The van der Waals surface area contributed by atoms with Gasteiger partial charge >= 0.3 is 0 Å². The van der Waals surface area contributed by atoms with E-state index in [-0.39, 0.29) is 6.10 Å². The number of halogens is 2. The van der Waals surface area contributed by atoms with Crippen molar-refractivity contribution in [1.82, 2.24) is 0 Å². The predicted molar refractivity (Wildman–Crippen MR) is 76.1 cm³/mol. The van der Waals surface area contributed by atoms with E-state index in [2.05, 4.69) is 6.92 Å². The SMILES string of the molecule is [CH2]COC(c1ccc(Cl)cc1)c1ccc(Cl)cc1. The van der Waals surface area contributed by atoms with Crippen LogP contribution in [0, 0.1) is 6.92 Å². The third kappa shape index (κ3) is 3.26. The van der Waals surface area contributed by atoms with Gasteiger partial charge in [-0.1, -0.05) is 47.5 Å². The minimum absolute atomic E-state index is 0.142. The standard InChI is InChI=1S/C15H13Cl2O/c1-2-18-15(11-3-7-13(16)8-4-11)12-5-9-14(17)10-6-12/h3-10,15H,1-2H2. The largest absolute Gasteiger partial charge is 0.369 e. The first-order valence-corrected chi connectivity index (χ1v) is 6.38. The van der Waals surface area contributed by atoms with Crippen molar-refractivity contribution in [2.24, 2.45) is 0 Å². The minimum atomic E-state index is -0.142. The van der Waals surface area contributed by atoms with Crippen molar-refractivity contribution in [1.29, 1.82) is 0 Å². The molecule has 2 aromatic rings. The molecule has 0 fully saturated rings. The fourth-order valence-corrected chi connectivity index (χ4v) is 2.03. The lowest BCUT2D eigenvalue weighted by molar-refractivity contribution is 0.103. The monoisotopic (exact) mass is 279 g/mol. The van der Waals surface area contributed by atoms with E-state index in [1.807, 2.05) is 48.5 Å². The summed E-state index contributed by atoms with van der Waals surface area (Å²) in [5.74, 6) is 0. The molecule has 0 amide bonds. The van der Waals surface area contributed by atoms with Crippen LogP contribution in [0.5, 0.6) is 0 Å². The third-order valence-corrected chi connectivity index (χ3v) is 3.13. The molecule has 0 saturated carbocycles. The summed E-state index contributed by atoms with van der Waals surface area (Å²) in [5, 5.41) is 1.42. The smallest absolute Gasteiger partial charge is 0.108 e. The number of ether oxygens (including phenoxy) is 1. The first-order chi connectivity index (χ1) is 8.70. The van der Waals surface area contributed by atoms with Crippen molar-refractivity contribution >= 4 is 23.2 Å². The molecule has 0 aromatic heterocycles. The van der Waals surface area contributed by atoms with E-state index in [0.29, 0.717) is 16.7 Å². The molecule has 0 saturated heterocycles. The second-order valence-corrected chi connectivity index (χ2v) is 4.73. The van der Waals surface area contributed by atoms with Gasteiger partial charge in [-0.15, -0.1) is 0 Å². The molecule has 1 radical (unpaired) electrons. The highest BCUT2D eigenvalue weighted by atomic mass is 35.5. The van der Waals surface area contributed by atoms with Gasteiger partial charge in [0.05, 0.1) is 0 Å². The number of rotatable bonds is 4. The highest BCUT2D eigenvalue weighted by molar-refractivity contribution is 6.30. The van der Waals surface area contributed by atoms with Crippen molar-refractivity contribution in [2.75, 3.05) is 6.61 Å². The van der Waals surface area contributed by atoms with Crippen LogP contribution in [-0.4, -0.2) is 6.61 Å². The van der Waals surface area contributed by atoms with Gasteiger partial charge < -0.3 is 4.74 Å². The maximum atomic E-state index is 5.89. The second kappa shape index (κ2) is 6.24. The fraction of sp³-hybridized carbons (Fsp3) is 0.133. The van der Waals surface area contributed by atoms with Crippen molar-refractivity contribution < 1.29 is 4.74 Å². The molecule has 0 bridgehead atoms. The summed E-state index contributed by atoms with van der Waals surface area (Å²) in [4.78, 5) is 0. The summed E-state index contributed by atoms with van der Waals surface area (Å²) < 4.78 is 5.70. The summed E-state index contributed by atoms with van der Waals surface area (Å²) in [7, 11) is 0. The molecule has 0 atom stereocenters. The number of hydrogen-bond donors (Lipinski definition) is 0. The highest BCUT2D eigenvalue weighted by Crippen LogP contribution is 2.27. The van der Waals surface area contributed by atoms with Gasteiger partial charge in [-0.05, 0) is 42.3 Å². The Morgan fingerprint density at radius 3 is 1.56 bits per heavy atom. The van der Waals surface area contributed by atoms with E-state index in [9.17, 15) is 0 Å². The summed E-state index contributed by atoms with van der Waals surface area (Å²) >= 11 is 11.8. The summed E-state index contributed by atoms with van der Waals surface area (Å²) in [6.45, 7) is 4.14. The van der Waals surface area contributed by atoms with Gasteiger partial charge in [0, 0.05) is 16.7 Å². The van der Waals surface area contributed by atoms with E-state index in [1.165, 1.54) is 0 Å². The first kappa shape index (κ1) is 13.4. The van der Waals surface area contributed by atoms with Crippen molar-refractivity contribution in [3.05, 3.63) is 76.6 Å². The Morgan fingerprint density at radius 1 is 0.833 bits per heavy atom. The highest BCUT2D eigenvalue weighted by Gasteiger charge is 2.13. The van der Waals surface area contributed by atoms with Gasteiger partial charge in [-0.25, -0.2) is 0 Å². The van der Waals surface area contributed by atoms with E-state index < -0.39 is 0 Å². The maximum absolute atomic E-state index is 5.89. The zero-order chi connectivity index (χ0) is 13.0. The Balaban J connectivity index is 2.33. The molecule has 0 unspecified atom stereocenters. The summed E-state index contributed by atoms with van der Waals surface area (Å²) in [5.41, 5.74) is 2.09. The van der Waals surface area contributed by atoms with E-state index in [0.717, 1.165) is 11.1 Å². The third-order valence-electron chi connectivity index (χ3n) is 2.63. The molecule has 0 aliphatic carbocycles. The lowest BCUT2D eigenvalue weighted by Crippen LogP contribution is -2.06. The Labute approximate surface area is 117 Å². The second-order valence-electron chi connectivity index (χ2n) is 3.85. The van der Waals surface area contributed by atoms with Crippen LogP contribution in [0.1, 0.15) is 17.2 Å². The van der Waals surface area contributed by atoms with E-state index in [1.54, 1.807) is 0 Å². The molecule has 3 heteroatoms. The molecule has 18 heavy (non-hydrogen) atoms. The van der Waals surface area contributed by atoms with Crippen molar-refractivity contribution in [3.8, 4) is 0 Å². The Kier molecular flexibility index (Phi) is 4.65. The molecule has 0 heterocycles. The van der Waals surface area contributed by atoms with Crippen molar-refractivity contribution in [2.45, 2.75) is 6.10 Å². The minimum Gasteiger partial charge on any atom is -0.369 e. The van der Waals surface area contributed by atoms with Crippen LogP contribution in [0.25, 0.3) is 0 Å².